The SMILES string of the molecule is COCCC1(CNC(=O)c2ccc(Cl)nc2)CC1. The predicted molar refractivity (Wildman–Crippen MR) is 69.7 cm³/mol. The molecule has 0 radical (unpaired) electrons. The summed E-state index contributed by atoms with van der Waals surface area (Å²) in [6.07, 6.45) is 4.82. The second-order valence-corrected chi connectivity index (χ2v) is 5.18. The Hall–Kier alpha value is -1.13. The van der Waals surface area contributed by atoms with Crippen molar-refractivity contribution in [2.75, 3.05) is 20.3 Å². The minimum absolute atomic E-state index is 0.0946. The van der Waals surface area contributed by atoms with Crippen LogP contribution in [-0.2, 0) is 4.74 Å². The van der Waals surface area contributed by atoms with E-state index in [1.807, 2.05) is 0 Å². The summed E-state index contributed by atoms with van der Waals surface area (Å²) in [7, 11) is 1.70. The Morgan fingerprint density at radius 2 is 2.33 bits per heavy atom. The van der Waals surface area contributed by atoms with Crippen LogP contribution in [0.15, 0.2) is 18.3 Å². The summed E-state index contributed by atoms with van der Waals surface area (Å²) in [5.74, 6) is -0.0946. The lowest BCUT2D eigenvalue weighted by Crippen LogP contribution is -2.30. The molecule has 0 spiro atoms. The molecular weight excluding hydrogens is 252 g/mol. The van der Waals surface area contributed by atoms with Crippen molar-refractivity contribution in [3.63, 3.8) is 0 Å². The van der Waals surface area contributed by atoms with Gasteiger partial charge in [0.25, 0.3) is 5.91 Å². The van der Waals surface area contributed by atoms with E-state index in [1.165, 1.54) is 6.20 Å². The number of aromatic nitrogens is 1. The number of carbonyl (C=O) groups is 1. The van der Waals surface area contributed by atoms with Crippen LogP contribution >= 0.6 is 11.6 Å². The van der Waals surface area contributed by atoms with Gasteiger partial charge in [0.2, 0.25) is 0 Å². The van der Waals surface area contributed by atoms with Crippen molar-refractivity contribution >= 4 is 17.5 Å². The molecule has 2 rings (SSSR count). The van der Waals surface area contributed by atoms with Crippen molar-refractivity contribution in [2.45, 2.75) is 19.3 Å². The highest BCUT2D eigenvalue weighted by Gasteiger charge is 2.42. The van der Waals surface area contributed by atoms with E-state index in [-0.39, 0.29) is 11.3 Å². The first-order valence-corrected chi connectivity index (χ1v) is 6.42. The second-order valence-electron chi connectivity index (χ2n) is 4.80. The molecule has 1 aliphatic carbocycles. The van der Waals surface area contributed by atoms with Gasteiger partial charge in [-0.05, 0) is 36.8 Å². The number of hydrogen-bond donors (Lipinski definition) is 1. The van der Waals surface area contributed by atoms with Crippen molar-refractivity contribution in [2.24, 2.45) is 5.41 Å². The topological polar surface area (TPSA) is 51.2 Å². The van der Waals surface area contributed by atoms with Gasteiger partial charge in [-0.2, -0.15) is 0 Å². The number of nitrogens with zero attached hydrogens (tertiary/aromatic N) is 1. The smallest absolute Gasteiger partial charge is 0.252 e. The summed E-state index contributed by atoms with van der Waals surface area (Å²) in [6, 6.07) is 3.30. The fourth-order valence-corrected chi connectivity index (χ4v) is 2.00. The molecule has 0 aliphatic heterocycles. The molecule has 5 heteroatoms. The summed E-state index contributed by atoms with van der Waals surface area (Å²) in [5.41, 5.74) is 0.799. The molecule has 4 nitrogen and oxygen atoms in total. The van der Waals surface area contributed by atoms with Crippen LogP contribution < -0.4 is 5.32 Å². The Morgan fingerprint density at radius 1 is 1.56 bits per heavy atom. The monoisotopic (exact) mass is 268 g/mol. The first-order valence-electron chi connectivity index (χ1n) is 6.04. The summed E-state index contributed by atoms with van der Waals surface area (Å²) < 4.78 is 5.08. The van der Waals surface area contributed by atoms with Crippen molar-refractivity contribution in [1.82, 2.24) is 10.3 Å². The fraction of sp³-hybridized carbons (Fsp3) is 0.538. The van der Waals surface area contributed by atoms with Crippen LogP contribution in [0, 0.1) is 5.41 Å². The molecule has 0 aromatic carbocycles. The van der Waals surface area contributed by atoms with Gasteiger partial charge < -0.3 is 10.1 Å². The van der Waals surface area contributed by atoms with Gasteiger partial charge in [0.05, 0.1) is 5.56 Å². The molecule has 1 heterocycles. The Kier molecular flexibility index (Phi) is 4.19. The zero-order valence-corrected chi connectivity index (χ0v) is 11.2. The molecule has 18 heavy (non-hydrogen) atoms. The number of halogens is 1. The van der Waals surface area contributed by atoms with Crippen LogP contribution in [-0.4, -0.2) is 31.2 Å². The van der Waals surface area contributed by atoms with Crippen molar-refractivity contribution in [3.05, 3.63) is 29.0 Å². The van der Waals surface area contributed by atoms with Crippen LogP contribution in [0.25, 0.3) is 0 Å². The largest absolute Gasteiger partial charge is 0.385 e. The van der Waals surface area contributed by atoms with Crippen molar-refractivity contribution < 1.29 is 9.53 Å². The number of methoxy groups -OCH3 is 1. The molecule has 0 saturated heterocycles. The first-order chi connectivity index (χ1) is 8.65. The normalized spacial score (nSPS) is 16.3. The van der Waals surface area contributed by atoms with Gasteiger partial charge in [-0.15, -0.1) is 0 Å². The number of ether oxygens (including phenoxy) is 1. The minimum Gasteiger partial charge on any atom is -0.385 e. The van der Waals surface area contributed by atoms with E-state index in [0.29, 0.717) is 17.3 Å². The molecule has 98 valence electrons. The molecule has 0 unspecified atom stereocenters. The van der Waals surface area contributed by atoms with Gasteiger partial charge in [-0.25, -0.2) is 4.98 Å². The predicted octanol–water partition coefficient (Wildman–Crippen LogP) is 2.28. The lowest BCUT2D eigenvalue weighted by atomic mass is 10.0. The molecule has 0 bridgehead atoms. The maximum Gasteiger partial charge on any atom is 0.252 e. The molecule has 1 saturated carbocycles. The Labute approximate surface area is 112 Å². The lowest BCUT2D eigenvalue weighted by molar-refractivity contribution is 0.0937. The number of carbonyl (C=O) groups excluding carboxylic acids is 1. The van der Waals surface area contributed by atoms with Gasteiger partial charge in [-0.3, -0.25) is 4.79 Å². The minimum atomic E-state index is -0.0946. The third-order valence-corrected chi connectivity index (χ3v) is 3.63. The second kappa shape index (κ2) is 5.67. The van der Waals surface area contributed by atoms with E-state index in [0.717, 1.165) is 25.9 Å². The van der Waals surface area contributed by atoms with Crippen molar-refractivity contribution in [3.8, 4) is 0 Å². The average Bonchev–Trinajstić information content (AvgIpc) is 3.15. The van der Waals surface area contributed by atoms with E-state index in [1.54, 1.807) is 19.2 Å². The van der Waals surface area contributed by atoms with Gasteiger partial charge in [0.15, 0.2) is 0 Å². The van der Waals surface area contributed by atoms with Crippen molar-refractivity contribution in [1.29, 1.82) is 0 Å². The Morgan fingerprint density at radius 3 is 2.89 bits per heavy atom. The highest BCUT2D eigenvalue weighted by molar-refractivity contribution is 6.29. The van der Waals surface area contributed by atoms with Gasteiger partial charge in [0.1, 0.15) is 5.15 Å². The van der Waals surface area contributed by atoms with Gasteiger partial charge in [0, 0.05) is 26.5 Å². The number of nitrogens with one attached hydrogen (secondary N) is 1. The average molecular weight is 269 g/mol. The van der Waals surface area contributed by atoms with E-state index < -0.39 is 0 Å². The molecule has 1 aromatic rings. The van der Waals surface area contributed by atoms with Crippen LogP contribution in [0.2, 0.25) is 5.15 Å². The molecule has 1 N–H and O–H groups in total. The maximum absolute atomic E-state index is 11.9. The molecule has 1 aliphatic rings. The molecule has 1 amide bonds. The van der Waals surface area contributed by atoms with Crippen LogP contribution in [0.3, 0.4) is 0 Å². The van der Waals surface area contributed by atoms with Crippen LogP contribution in [0.5, 0.6) is 0 Å². The third-order valence-electron chi connectivity index (χ3n) is 3.41. The number of rotatable bonds is 6. The standard InChI is InChI=1S/C13H17ClN2O2/c1-18-7-6-13(4-5-13)9-16-12(17)10-2-3-11(14)15-8-10/h2-3,8H,4-7,9H2,1H3,(H,16,17). The van der Waals surface area contributed by atoms with Crippen LogP contribution in [0.1, 0.15) is 29.6 Å². The molecule has 1 aromatic heterocycles. The van der Waals surface area contributed by atoms with Gasteiger partial charge >= 0.3 is 0 Å². The summed E-state index contributed by atoms with van der Waals surface area (Å²) in [4.78, 5) is 15.8. The Balaban J connectivity index is 1.83. The van der Waals surface area contributed by atoms with E-state index in [2.05, 4.69) is 10.3 Å². The summed E-state index contributed by atoms with van der Waals surface area (Å²) >= 11 is 5.68. The highest BCUT2D eigenvalue weighted by atomic mass is 35.5. The summed E-state index contributed by atoms with van der Waals surface area (Å²) in [5, 5.41) is 3.35. The molecule has 0 atom stereocenters. The molecular formula is C13H17ClN2O2. The van der Waals surface area contributed by atoms with E-state index in [9.17, 15) is 4.79 Å². The van der Waals surface area contributed by atoms with Crippen LogP contribution in [0.4, 0.5) is 0 Å². The quantitative estimate of drug-likeness (QED) is 0.806. The maximum atomic E-state index is 11.9. The number of pyridine rings is 1. The van der Waals surface area contributed by atoms with E-state index in [4.69, 9.17) is 16.3 Å². The highest BCUT2D eigenvalue weighted by Crippen LogP contribution is 2.48. The lowest BCUT2D eigenvalue weighted by Gasteiger charge is -2.15. The number of hydrogen-bond acceptors (Lipinski definition) is 3. The Bertz CT molecular complexity index is 416. The van der Waals surface area contributed by atoms with E-state index >= 15 is 0 Å². The number of amides is 1. The zero-order valence-electron chi connectivity index (χ0n) is 10.4. The fourth-order valence-electron chi connectivity index (χ4n) is 1.89. The zero-order chi connectivity index (χ0) is 13.0. The molecule has 1 fully saturated rings. The third kappa shape index (κ3) is 3.43. The first kappa shape index (κ1) is 13.3. The van der Waals surface area contributed by atoms with Gasteiger partial charge in [-0.1, -0.05) is 11.6 Å². The summed E-state index contributed by atoms with van der Waals surface area (Å²) in [6.45, 7) is 1.45.